The van der Waals surface area contributed by atoms with Gasteiger partial charge in [0.05, 0.1) is 46.7 Å². The van der Waals surface area contributed by atoms with Crippen molar-refractivity contribution in [1.29, 1.82) is 0 Å². The van der Waals surface area contributed by atoms with Crippen LogP contribution in [-0.4, -0.2) is 128 Å². The van der Waals surface area contributed by atoms with E-state index >= 15 is 0 Å². The Kier molecular flexibility index (Phi) is 12.2. The van der Waals surface area contributed by atoms with Crippen LogP contribution in [-0.2, 0) is 53.2 Å². The minimum Gasteiger partial charge on any atom is -0.756 e. The van der Waals surface area contributed by atoms with E-state index in [0.717, 1.165) is 0 Å². The molecule has 6 heterocycles. The summed E-state index contributed by atoms with van der Waals surface area (Å²) in [5.41, 5.74) is 10.5. The second-order valence-electron chi connectivity index (χ2n) is 12.2. The molecule has 4 aromatic rings. The number of fused-ring (bicyclic) bond motifs is 2. The number of nitrogen functional groups attached to an aromatic ring is 2. The molecule has 27 nitrogen and oxygen atoms in total. The molecule has 6 rings (SSSR count). The van der Waals surface area contributed by atoms with Gasteiger partial charge in [-0.2, -0.15) is 0 Å². The molecule has 0 saturated carbocycles. The first kappa shape index (κ1) is 40.9. The topological polar surface area (TPSA) is 387 Å². The summed E-state index contributed by atoms with van der Waals surface area (Å²) in [6.07, 6.45) is -7.81. The molecule has 0 amide bonds. The Morgan fingerprint density at radius 3 is 2.02 bits per heavy atom. The van der Waals surface area contributed by atoms with Gasteiger partial charge >= 0.3 is 11.3 Å². The number of aliphatic hydroxyl groups excluding tert-OH is 3. The lowest BCUT2D eigenvalue weighted by Gasteiger charge is -2.25. The van der Waals surface area contributed by atoms with Crippen LogP contribution in [0.25, 0.3) is 22.3 Å². The van der Waals surface area contributed by atoms with E-state index in [-0.39, 0.29) is 47.4 Å². The Labute approximate surface area is 307 Å². The lowest BCUT2D eigenvalue weighted by Crippen LogP contribution is -2.46. The lowest BCUT2D eigenvalue weighted by atomic mass is 10.1. The molecule has 0 radical (unpaired) electrons. The van der Waals surface area contributed by atoms with E-state index in [4.69, 9.17) is 48.5 Å². The van der Waals surface area contributed by atoms with Crippen molar-refractivity contribution < 1.29 is 80.4 Å². The predicted octanol–water partition coefficient (Wildman–Crippen LogP) is -5.82. The number of nitrogens with zero attached hydrogens (tertiary/aromatic N) is 5. The minimum absolute atomic E-state index is 0.0379. The van der Waals surface area contributed by atoms with Gasteiger partial charge in [-0.15, -0.1) is 0 Å². The van der Waals surface area contributed by atoms with Crippen molar-refractivity contribution in [3.8, 4) is 0 Å². The van der Waals surface area contributed by atoms with Gasteiger partial charge in [0, 0.05) is 7.11 Å². The highest BCUT2D eigenvalue weighted by Crippen LogP contribution is 2.41. The average Bonchev–Trinajstić information content (AvgIpc) is 3.84. The fourth-order valence-corrected chi connectivity index (χ4v) is 7.40. The van der Waals surface area contributed by atoms with Gasteiger partial charge in [0.2, 0.25) is 23.5 Å². The number of imidazole rings is 2. The second kappa shape index (κ2) is 16.4. The van der Waals surface area contributed by atoms with E-state index in [1.807, 2.05) is 0 Å². The number of H-pyrrole nitrogens is 3. The highest BCUT2D eigenvalue weighted by atomic mass is 31.2. The van der Waals surface area contributed by atoms with Crippen LogP contribution in [0.3, 0.4) is 0 Å². The van der Waals surface area contributed by atoms with Crippen LogP contribution in [0.2, 0.25) is 0 Å². The van der Waals surface area contributed by atoms with E-state index in [1.165, 1.54) is 40.5 Å². The Morgan fingerprint density at radius 1 is 0.836 bits per heavy atom. The second-order valence-corrected chi connectivity index (χ2v) is 15.0. The third-order valence-corrected chi connectivity index (χ3v) is 10.4. The molecule has 2 fully saturated rings. The molecule has 0 aromatic carbocycles. The summed E-state index contributed by atoms with van der Waals surface area (Å²) in [5.74, 6) is -0.380. The molecule has 10 N–H and O–H groups in total. The molecule has 0 spiro atoms. The smallest absolute Gasteiger partial charge is 0.313 e. The minimum atomic E-state index is -4.98. The highest BCUT2D eigenvalue weighted by Gasteiger charge is 2.49. The molecule has 2 aliphatic heterocycles. The molecule has 55 heavy (non-hydrogen) atoms. The molecular formula is C26H38N10O17P2. The summed E-state index contributed by atoms with van der Waals surface area (Å²) < 4.78 is 69.7. The van der Waals surface area contributed by atoms with Gasteiger partial charge in [0.15, 0.2) is 12.7 Å². The van der Waals surface area contributed by atoms with E-state index < -0.39 is 102 Å². The summed E-state index contributed by atoms with van der Waals surface area (Å²) in [6, 6.07) is 0. The quantitative estimate of drug-likeness (QED) is 0.0279. The average molecular weight is 825 g/mol. The van der Waals surface area contributed by atoms with Gasteiger partial charge in [-0.25, -0.2) is 9.13 Å². The number of phosphoric ester groups is 2. The summed E-state index contributed by atoms with van der Waals surface area (Å²) >= 11 is 0. The van der Waals surface area contributed by atoms with Gasteiger partial charge in [0.25, 0.3) is 38.7 Å². The fraction of sp³-hybridized carbons (Fsp3) is 0.615. The number of ether oxygens (including phenoxy) is 4. The molecule has 0 bridgehead atoms. The summed E-state index contributed by atoms with van der Waals surface area (Å²) in [4.78, 5) is 64.6. The number of nitrogens with two attached hydrogens (primary N) is 2. The standard InChI is InChI=1S/C26H38N10O17P2/c1-34-10-36(20-14(34)22(41)33-26(28)31-20)23-17(39)15(37)11(52-23)7-50-54(42,43)48-5-3-47-4-6-49-55(44,45)51-8-12-16(38)18(46-2)24(53-12)35-9-29-13-19(35)30-25(27)32-21(13)40/h9-12,15-18,23-24,37-39H,3-8H2,1-2H3,(H7-,27,28,30,31,32,33,40,41,42,43,44,45)/t11-,12?,15-,16-,17-,18-,23?,24-/m1/s1. The van der Waals surface area contributed by atoms with E-state index in [2.05, 4.69) is 24.9 Å². The number of hydrogen-bond acceptors (Lipinski definition) is 21. The number of anilines is 2. The van der Waals surface area contributed by atoms with Crippen molar-refractivity contribution >= 4 is 49.9 Å². The number of hydrogen-bond donors (Lipinski definition) is 8. The first-order valence-corrected chi connectivity index (χ1v) is 19.1. The van der Waals surface area contributed by atoms with Crippen LogP contribution < -0.4 is 41.5 Å². The highest BCUT2D eigenvalue weighted by molar-refractivity contribution is 7.46. The van der Waals surface area contributed by atoms with Crippen molar-refractivity contribution in [3.05, 3.63) is 33.4 Å². The van der Waals surface area contributed by atoms with Crippen molar-refractivity contribution in [2.75, 3.05) is 58.2 Å². The van der Waals surface area contributed by atoms with Crippen LogP contribution >= 0.6 is 15.6 Å². The van der Waals surface area contributed by atoms with E-state index in [9.17, 15) is 43.8 Å². The van der Waals surface area contributed by atoms with Crippen molar-refractivity contribution in [2.45, 2.75) is 49.1 Å². The third kappa shape index (κ3) is 8.80. The summed E-state index contributed by atoms with van der Waals surface area (Å²) in [7, 11) is -7.12. The molecule has 2 saturated heterocycles. The number of aromatic nitrogens is 8. The van der Waals surface area contributed by atoms with E-state index in [1.54, 1.807) is 0 Å². The number of aryl methyl sites for hydroxylation is 1. The molecule has 4 unspecified atom stereocenters. The molecule has 10 atom stereocenters. The predicted molar refractivity (Wildman–Crippen MR) is 174 cm³/mol. The Morgan fingerprint density at radius 2 is 1.40 bits per heavy atom. The first-order valence-electron chi connectivity index (χ1n) is 16.2. The number of aromatic amines is 3. The Hall–Kier alpha value is -3.76. The van der Waals surface area contributed by atoms with Crippen LogP contribution in [0.4, 0.5) is 11.9 Å². The zero-order valence-corrected chi connectivity index (χ0v) is 30.6. The van der Waals surface area contributed by atoms with Gasteiger partial charge in [-0.1, -0.05) is 9.97 Å². The van der Waals surface area contributed by atoms with Gasteiger partial charge < -0.3 is 73.6 Å². The lowest BCUT2D eigenvalue weighted by molar-refractivity contribution is -0.746. The SMILES string of the molecule is CO[C@@H]1[C@H](O)C(COP(=O)([O-])OCCOCCOP(=O)([O-])OC[C@H]2OC([n+]3cn(C)c4c(=O)[nH]c(N)nc43)[C@H](O)[C@@H]2O)O[C@H]1[n+]1c[nH]c2c(=O)[nH]c(N)nc21. The van der Waals surface area contributed by atoms with Gasteiger partial charge in [-0.05, 0) is 0 Å². The normalized spacial score (nSPS) is 27.9. The van der Waals surface area contributed by atoms with Crippen LogP contribution in [0, 0.1) is 0 Å². The fourth-order valence-electron chi connectivity index (χ4n) is 5.99. The monoisotopic (exact) mass is 824 g/mol. The summed E-state index contributed by atoms with van der Waals surface area (Å²) in [6.45, 7) is -3.21. The Balaban J connectivity index is 0.899. The van der Waals surface area contributed by atoms with Gasteiger partial charge in [-0.3, -0.25) is 38.2 Å². The maximum atomic E-state index is 12.3. The van der Waals surface area contributed by atoms with Crippen LogP contribution in [0.1, 0.15) is 12.5 Å². The zero-order valence-electron chi connectivity index (χ0n) is 28.9. The molecule has 304 valence electrons. The maximum absolute atomic E-state index is 12.3. The zero-order chi connectivity index (χ0) is 39.8. The van der Waals surface area contributed by atoms with Crippen LogP contribution in [0.15, 0.2) is 22.2 Å². The molecule has 4 aromatic heterocycles. The first-order chi connectivity index (χ1) is 26.0. The Bertz CT molecular complexity index is 2210. The number of methoxy groups -OCH3 is 1. The van der Waals surface area contributed by atoms with Crippen molar-refractivity contribution in [1.82, 2.24) is 29.5 Å². The summed E-state index contributed by atoms with van der Waals surface area (Å²) in [5, 5.41) is 31.8. The van der Waals surface area contributed by atoms with Gasteiger partial charge in [0.1, 0.15) is 36.6 Å². The number of nitrogens with one attached hydrogen (secondary N) is 3. The third-order valence-electron chi connectivity index (χ3n) is 8.52. The largest absolute Gasteiger partial charge is 0.756 e. The van der Waals surface area contributed by atoms with E-state index in [0.29, 0.717) is 0 Å². The molecule has 2 aliphatic rings. The van der Waals surface area contributed by atoms with Crippen molar-refractivity contribution in [3.63, 3.8) is 0 Å². The molecular weight excluding hydrogens is 786 g/mol. The maximum Gasteiger partial charge on any atom is 0.313 e. The number of rotatable bonds is 17. The number of aliphatic hydroxyl groups is 3. The van der Waals surface area contributed by atoms with Crippen LogP contribution in [0.5, 0.6) is 0 Å². The van der Waals surface area contributed by atoms with Crippen molar-refractivity contribution in [2.24, 2.45) is 7.05 Å². The number of phosphoric acid groups is 2. The molecule has 0 aliphatic carbocycles. The molecule has 29 heteroatoms.